The monoisotopic (exact) mass is 369 g/mol. The summed E-state index contributed by atoms with van der Waals surface area (Å²) in [7, 11) is 0. The Labute approximate surface area is 161 Å². The van der Waals surface area contributed by atoms with Gasteiger partial charge in [-0.25, -0.2) is 4.68 Å². The Balaban J connectivity index is 2.22. The van der Waals surface area contributed by atoms with E-state index in [0.29, 0.717) is 12.5 Å². The summed E-state index contributed by atoms with van der Waals surface area (Å²) in [5.74, 6) is 0.490. The van der Waals surface area contributed by atoms with E-state index in [1.807, 2.05) is 6.92 Å². The molecular weight excluding hydrogens is 338 g/mol. The second kappa shape index (κ2) is 9.49. The fourth-order valence-electron chi connectivity index (χ4n) is 3.06. The van der Waals surface area contributed by atoms with E-state index in [-0.39, 0.29) is 29.1 Å². The number of nitrogens with zero attached hydrogens (tertiary/aromatic N) is 2. The van der Waals surface area contributed by atoms with Crippen molar-refractivity contribution in [3.8, 4) is 0 Å². The van der Waals surface area contributed by atoms with Crippen LogP contribution < -0.4 is 10.9 Å². The van der Waals surface area contributed by atoms with Gasteiger partial charge in [0.15, 0.2) is 0 Å². The minimum Gasteiger partial charge on any atom is -0.344 e. The van der Waals surface area contributed by atoms with Crippen LogP contribution in [0.2, 0.25) is 0 Å². The van der Waals surface area contributed by atoms with Crippen molar-refractivity contribution >= 4 is 5.91 Å². The Kier molecular flexibility index (Phi) is 7.34. The van der Waals surface area contributed by atoms with Crippen molar-refractivity contribution in [1.82, 2.24) is 15.1 Å². The van der Waals surface area contributed by atoms with Crippen molar-refractivity contribution < 1.29 is 4.79 Å². The van der Waals surface area contributed by atoms with Gasteiger partial charge in [0.2, 0.25) is 0 Å². The molecule has 0 bridgehead atoms. The molecule has 2 rings (SSSR count). The summed E-state index contributed by atoms with van der Waals surface area (Å²) < 4.78 is 1.35. The standard InChI is InChI=1S/C22H31N3O2/c1-6-14-25-20(26)13-12-19(24-25)22(27)23-21(15(3)4)18-10-8-17(9-11-18)16(5)7-2/h8-13,15-16,21H,6-7,14H2,1-5H3,(H,23,27). The number of amides is 1. The van der Waals surface area contributed by atoms with Crippen molar-refractivity contribution in [2.24, 2.45) is 5.92 Å². The van der Waals surface area contributed by atoms with Crippen molar-refractivity contribution in [2.75, 3.05) is 0 Å². The van der Waals surface area contributed by atoms with E-state index in [1.165, 1.54) is 22.4 Å². The molecule has 0 radical (unpaired) electrons. The van der Waals surface area contributed by atoms with E-state index >= 15 is 0 Å². The topological polar surface area (TPSA) is 64.0 Å². The first-order chi connectivity index (χ1) is 12.9. The zero-order valence-electron chi connectivity index (χ0n) is 17.0. The number of benzene rings is 1. The van der Waals surface area contributed by atoms with Gasteiger partial charge in [0.05, 0.1) is 6.04 Å². The van der Waals surface area contributed by atoms with E-state index in [1.54, 1.807) is 0 Å². The average molecular weight is 370 g/mol. The van der Waals surface area contributed by atoms with Gasteiger partial charge in [0.1, 0.15) is 5.69 Å². The number of aryl methyl sites for hydroxylation is 1. The number of nitrogens with one attached hydrogen (secondary N) is 1. The predicted molar refractivity (Wildman–Crippen MR) is 109 cm³/mol. The molecule has 0 saturated carbocycles. The lowest BCUT2D eigenvalue weighted by Crippen LogP contribution is -2.34. The highest BCUT2D eigenvalue weighted by atomic mass is 16.2. The van der Waals surface area contributed by atoms with Crippen LogP contribution in [-0.4, -0.2) is 15.7 Å². The van der Waals surface area contributed by atoms with Gasteiger partial charge < -0.3 is 5.32 Å². The van der Waals surface area contributed by atoms with Gasteiger partial charge in [-0.15, -0.1) is 0 Å². The molecule has 2 aromatic rings. The molecule has 0 saturated heterocycles. The Bertz CT molecular complexity index is 809. The Morgan fingerprint density at radius 1 is 1.04 bits per heavy atom. The zero-order chi connectivity index (χ0) is 20.0. The van der Waals surface area contributed by atoms with Gasteiger partial charge in [-0.05, 0) is 41.9 Å². The first-order valence-electron chi connectivity index (χ1n) is 9.86. The first kappa shape index (κ1) is 20.9. The fourth-order valence-corrected chi connectivity index (χ4v) is 3.06. The predicted octanol–water partition coefficient (Wildman–Crippen LogP) is 4.29. The largest absolute Gasteiger partial charge is 0.344 e. The molecule has 0 aliphatic carbocycles. The van der Waals surface area contributed by atoms with E-state index in [0.717, 1.165) is 18.4 Å². The van der Waals surface area contributed by atoms with Crippen LogP contribution in [0.3, 0.4) is 0 Å². The smallest absolute Gasteiger partial charge is 0.272 e. The number of hydrogen-bond acceptors (Lipinski definition) is 3. The van der Waals surface area contributed by atoms with Gasteiger partial charge in [0, 0.05) is 12.6 Å². The summed E-state index contributed by atoms with van der Waals surface area (Å²) >= 11 is 0. The van der Waals surface area contributed by atoms with Crippen LogP contribution >= 0.6 is 0 Å². The van der Waals surface area contributed by atoms with Crippen LogP contribution in [0.4, 0.5) is 0 Å². The molecule has 1 N–H and O–H groups in total. The third-order valence-electron chi connectivity index (χ3n) is 4.96. The fraction of sp³-hybridized carbons (Fsp3) is 0.500. The molecule has 0 aliphatic heterocycles. The van der Waals surface area contributed by atoms with E-state index in [4.69, 9.17) is 0 Å². The number of rotatable bonds is 8. The van der Waals surface area contributed by atoms with Crippen LogP contribution in [0.1, 0.15) is 81.0 Å². The Morgan fingerprint density at radius 2 is 1.67 bits per heavy atom. The molecule has 1 heterocycles. The normalized spacial score (nSPS) is 13.4. The number of aromatic nitrogens is 2. The first-order valence-corrected chi connectivity index (χ1v) is 9.86. The van der Waals surface area contributed by atoms with Crippen molar-refractivity contribution in [3.05, 3.63) is 63.6 Å². The van der Waals surface area contributed by atoms with E-state index in [2.05, 4.69) is 62.4 Å². The molecule has 1 aromatic heterocycles. The zero-order valence-corrected chi connectivity index (χ0v) is 17.0. The summed E-state index contributed by atoms with van der Waals surface area (Å²) in [6.45, 7) is 11.0. The van der Waals surface area contributed by atoms with Crippen LogP contribution in [0.15, 0.2) is 41.2 Å². The SMILES string of the molecule is CCCn1nc(C(=O)NC(c2ccc(C(C)CC)cc2)C(C)C)ccc1=O. The summed E-state index contributed by atoms with van der Waals surface area (Å²) in [6.07, 6.45) is 1.89. The van der Waals surface area contributed by atoms with Gasteiger partial charge in [-0.2, -0.15) is 5.10 Å². The quantitative estimate of drug-likeness (QED) is 0.755. The molecular formula is C22H31N3O2. The second-order valence-corrected chi connectivity index (χ2v) is 7.45. The molecule has 146 valence electrons. The molecule has 5 heteroatoms. The Morgan fingerprint density at radius 3 is 2.22 bits per heavy atom. The summed E-state index contributed by atoms with van der Waals surface area (Å²) in [5, 5.41) is 7.29. The lowest BCUT2D eigenvalue weighted by molar-refractivity contribution is 0.0918. The lowest BCUT2D eigenvalue weighted by atomic mass is 9.92. The number of hydrogen-bond donors (Lipinski definition) is 1. The maximum atomic E-state index is 12.7. The van der Waals surface area contributed by atoms with Crippen molar-refractivity contribution in [1.29, 1.82) is 0 Å². The molecule has 1 amide bonds. The minimum absolute atomic E-state index is 0.114. The molecule has 0 spiro atoms. The van der Waals surface area contributed by atoms with Gasteiger partial charge >= 0.3 is 0 Å². The average Bonchev–Trinajstić information content (AvgIpc) is 2.67. The van der Waals surface area contributed by atoms with Crippen LogP contribution in [-0.2, 0) is 6.54 Å². The maximum Gasteiger partial charge on any atom is 0.272 e. The molecule has 5 nitrogen and oxygen atoms in total. The lowest BCUT2D eigenvalue weighted by Gasteiger charge is -2.23. The van der Waals surface area contributed by atoms with Crippen molar-refractivity contribution in [3.63, 3.8) is 0 Å². The highest BCUT2D eigenvalue weighted by molar-refractivity contribution is 5.92. The highest BCUT2D eigenvalue weighted by Crippen LogP contribution is 2.25. The summed E-state index contributed by atoms with van der Waals surface area (Å²) in [4.78, 5) is 24.5. The van der Waals surface area contributed by atoms with Crippen LogP contribution in [0, 0.1) is 5.92 Å². The summed E-state index contributed by atoms with van der Waals surface area (Å²) in [6, 6.07) is 11.3. The van der Waals surface area contributed by atoms with Crippen LogP contribution in [0.5, 0.6) is 0 Å². The Hall–Kier alpha value is -2.43. The highest BCUT2D eigenvalue weighted by Gasteiger charge is 2.20. The van der Waals surface area contributed by atoms with Crippen LogP contribution in [0.25, 0.3) is 0 Å². The maximum absolute atomic E-state index is 12.7. The van der Waals surface area contributed by atoms with Gasteiger partial charge in [0.25, 0.3) is 11.5 Å². The number of carbonyl (C=O) groups is 1. The third kappa shape index (κ3) is 5.28. The molecule has 0 aliphatic rings. The van der Waals surface area contributed by atoms with Gasteiger partial charge in [-0.3, -0.25) is 9.59 Å². The van der Waals surface area contributed by atoms with Gasteiger partial charge in [-0.1, -0.05) is 58.9 Å². The number of carbonyl (C=O) groups excluding carboxylic acids is 1. The third-order valence-corrected chi connectivity index (χ3v) is 4.96. The second-order valence-electron chi connectivity index (χ2n) is 7.45. The van der Waals surface area contributed by atoms with Crippen molar-refractivity contribution in [2.45, 2.75) is 66.0 Å². The summed E-state index contributed by atoms with van der Waals surface area (Å²) in [5.41, 5.74) is 2.47. The minimum atomic E-state index is -0.260. The molecule has 2 unspecified atom stereocenters. The van der Waals surface area contributed by atoms with E-state index in [9.17, 15) is 9.59 Å². The molecule has 2 atom stereocenters. The molecule has 1 aromatic carbocycles. The van der Waals surface area contributed by atoms with E-state index < -0.39 is 0 Å². The molecule has 27 heavy (non-hydrogen) atoms. The molecule has 0 fully saturated rings.